The molecule has 4 rings (SSSR count). The average Bonchev–Trinajstić information content (AvgIpc) is 3.32. The van der Waals surface area contributed by atoms with E-state index in [0.29, 0.717) is 19.6 Å². The highest BCUT2D eigenvalue weighted by atomic mass is 35.5. The Bertz CT molecular complexity index is 988. The third kappa shape index (κ3) is 3.86. The van der Waals surface area contributed by atoms with Crippen molar-refractivity contribution >= 4 is 28.7 Å². The van der Waals surface area contributed by atoms with Gasteiger partial charge in [0.15, 0.2) is 5.65 Å². The molecule has 1 amide bonds. The van der Waals surface area contributed by atoms with Crippen LogP contribution in [0.3, 0.4) is 0 Å². The fourth-order valence-corrected chi connectivity index (χ4v) is 3.88. The first-order valence-electron chi connectivity index (χ1n) is 9.50. The maximum absolute atomic E-state index is 11.7. The fraction of sp³-hybridized carbons (Fsp3) is 0.400. The number of hydrogen-bond acceptors (Lipinski definition) is 5. The van der Waals surface area contributed by atoms with Crippen LogP contribution in [-0.2, 0) is 17.9 Å². The number of likely N-dealkylation sites (tertiary alicyclic amines) is 1. The number of amides is 1. The van der Waals surface area contributed by atoms with Crippen LogP contribution in [-0.4, -0.2) is 50.2 Å². The highest BCUT2D eigenvalue weighted by molar-refractivity contribution is 6.31. The van der Waals surface area contributed by atoms with Crippen molar-refractivity contribution in [3.8, 4) is 0 Å². The van der Waals surface area contributed by atoms with Gasteiger partial charge in [-0.05, 0) is 18.1 Å². The van der Waals surface area contributed by atoms with Crippen molar-refractivity contribution in [2.45, 2.75) is 32.4 Å². The Hall–Kier alpha value is -2.51. The molecule has 1 aliphatic heterocycles. The van der Waals surface area contributed by atoms with Gasteiger partial charge in [-0.25, -0.2) is 14.6 Å². The number of nitrogens with zero attached hydrogens (tertiary/aromatic N) is 5. The first-order chi connectivity index (χ1) is 13.6. The average molecular weight is 399 g/mol. The zero-order chi connectivity index (χ0) is 19.5. The zero-order valence-electron chi connectivity index (χ0n) is 15.8. The molecule has 1 saturated heterocycles. The summed E-state index contributed by atoms with van der Waals surface area (Å²) in [4.78, 5) is 22.5. The molecule has 1 aromatic carbocycles. The Balaban J connectivity index is 1.46. The van der Waals surface area contributed by atoms with E-state index in [9.17, 15) is 4.79 Å². The van der Waals surface area contributed by atoms with Gasteiger partial charge in [0, 0.05) is 56.4 Å². The Morgan fingerprint density at radius 2 is 2.11 bits per heavy atom. The van der Waals surface area contributed by atoms with E-state index in [2.05, 4.69) is 15.3 Å². The molecular weight excluding hydrogens is 376 g/mol. The summed E-state index contributed by atoms with van der Waals surface area (Å²) in [7, 11) is 0. The van der Waals surface area contributed by atoms with Gasteiger partial charge in [0.25, 0.3) is 0 Å². The van der Waals surface area contributed by atoms with E-state index in [1.165, 1.54) is 0 Å². The standard InChI is InChI=1S/C20H23ClN6O/c1-14(28)26-10-6-16(13-26)18-19-20(24-8-7-23-19)27(25-18)11-9-22-12-15-4-2-3-5-17(15)21/h2-5,7-8,16,22H,6,9-13H2,1H3/t16-/m1/s1. The summed E-state index contributed by atoms with van der Waals surface area (Å²) in [6.07, 6.45) is 4.30. The summed E-state index contributed by atoms with van der Waals surface area (Å²) in [5.74, 6) is 0.321. The van der Waals surface area contributed by atoms with Crippen LogP contribution >= 0.6 is 11.6 Å². The molecule has 1 aliphatic rings. The lowest BCUT2D eigenvalue weighted by Gasteiger charge is -2.12. The topological polar surface area (TPSA) is 75.9 Å². The van der Waals surface area contributed by atoms with Crippen LogP contribution in [0.25, 0.3) is 11.2 Å². The largest absolute Gasteiger partial charge is 0.342 e. The first kappa shape index (κ1) is 18.8. The van der Waals surface area contributed by atoms with Crippen molar-refractivity contribution in [3.63, 3.8) is 0 Å². The normalized spacial score (nSPS) is 16.8. The lowest BCUT2D eigenvalue weighted by Crippen LogP contribution is -2.25. The molecule has 3 heterocycles. The second-order valence-corrected chi connectivity index (χ2v) is 7.46. The number of rotatable bonds is 6. The van der Waals surface area contributed by atoms with Crippen LogP contribution in [0.1, 0.15) is 30.5 Å². The van der Waals surface area contributed by atoms with Gasteiger partial charge in [-0.15, -0.1) is 0 Å². The van der Waals surface area contributed by atoms with Crippen molar-refractivity contribution in [1.82, 2.24) is 30.0 Å². The molecule has 28 heavy (non-hydrogen) atoms. The third-order valence-electron chi connectivity index (χ3n) is 5.19. The summed E-state index contributed by atoms with van der Waals surface area (Å²) >= 11 is 6.20. The molecule has 0 aliphatic carbocycles. The highest BCUT2D eigenvalue weighted by Gasteiger charge is 2.30. The SMILES string of the molecule is CC(=O)N1CC[C@@H](c2nn(CCNCc3ccccc3Cl)c3nccnc23)C1. The van der Waals surface area contributed by atoms with Crippen molar-refractivity contribution in [2.75, 3.05) is 19.6 Å². The lowest BCUT2D eigenvalue weighted by atomic mass is 10.0. The number of halogens is 1. The van der Waals surface area contributed by atoms with Crippen molar-refractivity contribution in [3.05, 3.63) is 52.9 Å². The van der Waals surface area contributed by atoms with Crippen LogP contribution in [0, 0.1) is 0 Å². The number of aromatic nitrogens is 4. The zero-order valence-corrected chi connectivity index (χ0v) is 16.6. The monoisotopic (exact) mass is 398 g/mol. The van der Waals surface area contributed by atoms with Gasteiger partial charge in [0.05, 0.1) is 12.2 Å². The lowest BCUT2D eigenvalue weighted by molar-refractivity contribution is -0.127. The molecule has 1 atom stereocenters. The Labute approximate surface area is 168 Å². The van der Waals surface area contributed by atoms with E-state index in [-0.39, 0.29) is 11.8 Å². The van der Waals surface area contributed by atoms with Crippen LogP contribution < -0.4 is 5.32 Å². The molecule has 0 spiro atoms. The second kappa shape index (κ2) is 8.24. The summed E-state index contributed by atoms with van der Waals surface area (Å²) in [5, 5.41) is 8.99. The highest BCUT2D eigenvalue weighted by Crippen LogP contribution is 2.30. The predicted molar refractivity (Wildman–Crippen MR) is 108 cm³/mol. The first-order valence-corrected chi connectivity index (χ1v) is 9.88. The minimum atomic E-state index is 0.112. The second-order valence-electron chi connectivity index (χ2n) is 7.06. The van der Waals surface area contributed by atoms with E-state index in [1.807, 2.05) is 33.8 Å². The van der Waals surface area contributed by atoms with Gasteiger partial charge >= 0.3 is 0 Å². The molecule has 2 aromatic heterocycles. The molecule has 0 bridgehead atoms. The Morgan fingerprint density at radius 1 is 1.29 bits per heavy atom. The van der Waals surface area contributed by atoms with Gasteiger partial charge < -0.3 is 10.2 Å². The molecule has 3 aromatic rings. The minimum absolute atomic E-state index is 0.112. The predicted octanol–water partition coefficient (Wildman–Crippen LogP) is 2.61. The third-order valence-corrected chi connectivity index (χ3v) is 5.56. The quantitative estimate of drug-likeness (QED) is 0.646. The van der Waals surface area contributed by atoms with E-state index in [1.54, 1.807) is 19.3 Å². The van der Waals surface area contributed by atoms with Crippen molar-refractivity contribution in [2.24, 2.45) is 0 Å². The molecule has 146 valence electrons. The number of fused-ring (bicyclic) bond motifs is 1. The summed E-state index contributed by atoms with van der Waals surface area (Å²) in [6, 6.07) is 7.83. The van der Waals surface area contributed by atoms with E-state index < -0.39 is 0 Å². The van der Waals surface area contributed by atoms with Gasteiger partial charge in [-0.2, -0.15) is 5.10 Å². The number of nitrogens with one attached hydrogen (secondary N) is 1. The van der Waals surface area contributed by atoms with Gasteiger partial charge in [0.1, 0.15) is 5.52 Å². The van der Waals surface area contributed by atoms with E-state index >= 15 is 0 Å². The molecule has 0 saturated carbocycles. The molecule has 1 N–H and O–H groups in total. The number of carbonyl (C=O) groups excluding carboxylic acids is 1. The van der Waals surface area contributed by atoms with Crippen LogP contribution in [0.15, 0.2) is 36.7 Å². The van der Waals surface area contributed by atoms with Crippen LogP contribution in [0.2, 0.25) is 5.02 Å². The van der Waals surface area contributed by atoms with E-state index in [0.717, 1.165) is 47.0 Å². The van der Waals surface area contributed by atoms with Gasteiger partial charge in [0.2, 0.25) is 5.91 Å². The van der Waals surface area contributed by atoms with Gasteiger partial charge in [-0.1, -0.05) is 29.8 Å². The number of hydrogen-bond donors (Lipinski definition) is 1. The maximum Gasteiger partial charge on any atom is 0.219 e. The molecule has 0 unspecified atom stereocenters. The number of carbonyl (C=O) groups is 1. The van der Waals surface area contributed by atoms with Crippen molar-refractivity contribution in [1.29, 1.82) is 0 Å². The van der Waals surface area contributed by atoms with E-state index in [4.69, 9.17) is 16.7 Å². The van der Waals surface area contributed by atoms with Gasteiger partial charge in [-0.3, -0.25) is 4.79 Å². The number of benzene rings is 1. The fourth-order valence-electron chi connectivity index (χ4n) is 3.68. The Morgan fingerprint density at radius 3 is 2.89 bits per heavy atom. The summed E-state index contributed by atoms with van der Waals surface area (Å²) < 4.78 is 1.91. The van der Waals surface area contributed by atoms with Crippen LogP contribution in [0.4, 0.5) is 0 Å². The summed E-state index contributed by atoms with van der Waals surface area (Å²) in [6.45, 7) is 5.21. The smallest absolute Gasteiger partial charge is 0.219 e. The molecule has 7 nitrogen and oxygen atoms in total. The van der Waals surface area contributed by atoms with Crippen LogP contribution in [0.5, 0.6) is 0 Å². The minimum Gasteiger partial charge on any atom is -0.342 e. The Kier molecular flexibility index (Phi) is 5.54. The molecule has 1 fully saturated rings. The van der Waals surface area contributed by atoms with Crippen molar-refractivity contribution < 1.29 is 4.79 Å². The maximum atomic E-state index is 11.7. The summed E-state index contributed by atoms with van der Waals surface area (Å²) in [5.41, 5.74) is 3.64. The molecule has 8 heteroatoms. The molecule has 0 radical (unpaired) electrons. The molecular formula is C20H23ClN6O.